The zero-order valence-electron chi connectivity index (χ0n) is 14.2. The van der Waals surface area contributed by atoms with Crippen LogP contribution in [0, 0.1) is 0 Å². The fourth-order valence-electron chi connectivity index (χ4n) is 2.28. The van der Waals surface area contributed by atoms with E-state index in [-0.39, 0.29) is 6.42 Å². The lowest BCUT2D eigenvalue weighted by Crippen LogP contribution is -2.45. The molecule has 1 amide bonds. The number of amides is 1. The van der Waals surface area contributed by atoms with Crippen LogP contribution in [0.3, 0.4) is 0 Å². The highest BCUT2D eigenvalue weighted by atomic mass is 16.6. The van der Waals surface area contributed by atoms with E-state index < -0.39 is 23.7 Å². The number of aliphatic carboxylic acids is 1. The number of nitrogen functional groups attached to an aromatic ring is 1. The van der Waals surface area contributed by atoms with Crippen molar-refractivity contribution in [3.8, 4) is 0 Å². The third-order valence-electron chi connectivity index (χ3n) is 3.37. The van der Waals surface area contributed by atoms with Crippen molar-refractivity contribution in [3.63, 3.8) is 0 Å². The Kier molecular flexibility index (Phi) is 4.68. The predicted molar refractivity (Wildman–Crippen MR) is 89.6 cm³/mol. The molecule has 0 fully saturated rings. The number of imidazole rings is 1. The summed E-state index contributed by atoms with van der Waals surface area (Å²) in [6.07, 6.45) is -0.752. The minimum absolute atomic E-state index is 0.0274. The molecule has 1 heterocycles. The van der Waals surface area contributed by atoms with Crippen LogP contribution in [0.1, 0.15) is 26.6 Å². The lowest BCUT2D eigenvalue weighted by Gasteiger charge is -2.21. The van der Waals surface area contributed by atoms with Crippen molar-refractivity contribution in [1.82, 2.24) is 14.9 Å². The second kappa shape index (κ2) is 6.38. The van der Waals surface area contributed by atoms with Crippen LogP contribution in [0.4, 0.5) is 10.5 Å². The van der Waals surface area contributed by atoms with Crippen molar-refractivity contribution in [3.05, 3.63) is 24.0 Å². The maximum Gasteiger partial charge on any atom is 0.408 e. The first-order chi connectivity index (χ1) is 11.1. The molecular weight excluding hydrogens is 312 g/mol. The molecule has 0 saturated heterocycles. The zero-order valence-corrected chi connectivity index (χ0v) is 14.2. The van der Waals surface area contributed by atoms with E-state index in [4.69, 9.17) is 10.5 Å². The molecule has 0 saturated carbocycles. The van der Waals surface area contributed by atoms with Crippen LogP contribution in [0.2, 0.25) is 0 Å². The lowest BCUT2D eigenvalue weighted by atomic mass is 10.2. The van der Waals surface area contributed by atoms with E-state index in [1.807, 2.05) is 6.07 Å². The van der Waals surface area contributed by atoms with Gasteiger partial charge in [-0.1, -0.05) is 0 Å². The Balaban J connectivity index is 2.20. The van der Waals surface area contributed by atoms with E-state index >= 15 is 0 Å². The van der Waals surface area contributed by atoms with Gasteiger partial charge in [-0.05, 0) is 39.0 Å². The van der Waals surface area contributed by atoms with Gasteiger partial charge in [0.1, 0.15) is 17.5 Å². The summed E-state index contributed by atoms with van der Waals surface area (Å²) in [4.78, 5) is 27.7. The number of hydrogen-bond acceptors (Lipinski definition) is 5. The first kappa shape index (κ1) is 17.6. The van der Waals surface area contributed by atoms with Gasteiger partial charge in [-0.15, -0.1) is 0 Å². The van der Waals surface area contributed by atoms with E-state index in [0.29, 0.717) is 17.0 Å². The van der Waals surface area contributed by atoms with Crippen molar-refractivity contribution >= 4 is 28.8 Å². The molecule has 8 heteroatoms. The smallest absolute Gasteiger partial charge is 0.408 e. The fraction of sp³-hybridized carbons (Fsp3) is 0.438. The van der Waals surface area contributed by atoms with Gasteiger partial charge in [-0.3, -0.25) is 0 Å². The maximum atomic E-state index is 11.8. The number of carboxylic acid groups (broad SMARTS) is 1. The van der Waals surface area contributed by atoms with Crippen LogP contribution < -0.4 is 11.1 Å². The molecule has 24 heavy (non-hydrogen) atoms. The molecule has 0 aliphatic heterocycles. The Labute approximate surface area is 139 Å². The summed E-state index contributed by atoms with van der Waals surface area (Å²) < 4.78 is 6.88. The Morgan fingerprint density at radius 2 is 2.08 bits per heavy atom. The standard InChI is InChI=1S/C16H22N4O4/c1-16(2,3)24-15(23)19-11(14(21)22)8-13-18-10-7-9(17)5-6-12(10)20(13)4/h5-7,11H,8,17H2,1-4H3,(H,19,23)(H,21,22). The van der Waals surface area contributed by atoms with Crippen molar-refractivity contribution < 1.29 is 19.4 Å². The highest BCUT2D eigenvalue weighted by Gasteiger charge is 2.26. The maximum absolute atomic E-state index is 11.8. The van der Waals surface area contributed by atoms with Crippen molar-refractivity contribution in [2.75, 3.05) is 5.73 Å². The second-order valence-electron chi connectivity index (χ2n) is 6.58. The van der Waals surface area contributed by atoms with Crippen molar-refractivity contribution in [1.29, 1.82) is 0 Å². The average Bonchev–Trinajstić information content (AvgIpc) is 2.71. The van der Waals surface area contributed by atoms with Crippen LogP contribution in [0.5, 0.6) is 0 Å². The first-order valence-electron chi connectivity index (χ1n) is 7.50. The summed E-state index contributed by atoms with van der Waals surface area (Å²) in [5.74, 6) is -0.633. The number of benzene rings is 1. The van der Waals surface area contributed by atoms with Crippen LogP contribution in [0.15, 0.2) is 18.2 Å². The number of fused-ring (bicyclic) bond motifs is 1. The van der Waals surface area contributed by atoms with E-state index in [1.54, 1.807) is 44.5 Å². The highest BCUT2D eigenvalue weighted by molar-refractivity contribution is 5.82. The summed E-state index contributed by atoms with van der Waals surface area (Å²) in [5, 5.41) is 11.7. The van der Waals surface area contributed by atoms with Crippen molar-refractivity contribution in [2.45, 2.75) is 38.8 Å². The molecule has 2 aromatic rings. The SMILES string of the molecule is Cn1c(CC(NC(=O)OC(C)(C)C)C(=O)O)nc2cc(N)ccc21. The predicted octanol–water partition coefficient (Wildman–Crippen LogP) is 1.68. The van der Waals surface area contributed by atoms with Crippen LogP contribution in [0.25, 0.3) is 11.0 Å². The van der Waals surface area contributed by atoms with Gasteiger partial charge in [-0.25, -0.2) is 14.6 Å². The van der Waals surface area contributed by atoms with E-state index in [1.165, 1.54) is 0 Å². The van der Waals surface area contributed by atoms with E-state index in [0.717, 1.165) is 5.52 Å². The number of nitrogens with two attached hydrogens (primary N) is 1. The number of carboxylic acids is 1. The van der Waals surface area contributed by atoms with Gasteiger partial charge < -0.3 is 25.5 Å². The Hall–Kier alpha value is -2.77. The summed E-state index contributed by atoms with van der Waals surface area (Å²) in [7, 11) is 1.78. The number of carbonyl (C=O) groups is 2. The van der Waals surface area contributed by atoms with Crippen molar-refractivity contribution in [2.24, 2.45) is 7.05 Å². The van der Waals surface area contributed by atoms with Crippen LogP contribution in [-0.2, 0) is 23.0 Å². The molecule has 0 bridgehead atoms. The third kappa shape index (κ3) is 4.15. The minimum atomic E-state index is -1.16. The van der Waals surface area contributed by atoms with Gasteiger partial charge in [0.25, 0.3) is 0 Å². The first-order valence-corrected chi connectivity index (χ1v) is 7.50. The highest BCUT2D eigenvalue weighted by Crippen LogP contribution is 2.19. The number of nitrogens with one attached hydrogen (secondary N) is 1. The lowest BCUT2D eigenvalue weighted by molar-refractivity contribution is -0.139. The largest absolute Gasteiger partial charge is 0.480 e. The van der Waals surface area contributed by atoms with Gasteiger partial charge >= 0.3 is 12.1 Å². The second-order valence-corrected chi connectivity index (χ2v) is 6.58. The molecule has 1 aromatic heterocycles. The number of hydrogen-bond donors (Lipinski definition) is 3. The third-order valence-corrected chi connectivity index (χ3v) is 3.37. The van der Waals surface area contributed by atoms with Gasteiger partial charge in [0.2, 0.25) is 0 Å². The topological polar surface area (TPSA) is 119 Å². The molecule has 0 radical (unpaired) electrons. The summed E-state index contributed by atoms with van der Waals surface area (Å²) in [5.41, 5.74) is 7.12. The number of anilines is 1. The number of nitrogens with zero attached hydrogens (tertiary/aromatic N) is 2. The van der Waals surface area contributed by atoms with E-state index in [2.05, 4.69) is 10.3 Å². The molecule has 8 nitrogen and oxygen atoms in total. The Morgan fingerprint density at radius 1 is 1.42 bits per heavy atom. The quantitative estimate of drug-likeness (QED) is 0.732. The number of carbonyl (C=O) groups excluding carboxylic acids is 1. The Morgan fingerprint density at radius 3 is 2.67 bits per heavy atom. The monoisotopic (exact) mass is 334 g/mol. The van der Waals surface area contributed by atoms with E-state index in [9.17, 15) is 14.7 Å². The molecule has 1 aromatic carbocycles. The molecule has 2 rings (SSSR count). The van der Waals surface area contributed by atoms with Crippen LogP contribution in [-0.4, -0.2) is 38.4 Å². The van der Waals surface area contributed by atoms with Gasteiger partial charge in [0.05, 0.1) is 11.0 Å². The van der Waals surface area contributed by atoms with Gasteiger partial charge in [-0.2, -0.15) is 0 Å². The fourth-order valence-corrected chi connectivity index (χ4v) is 2.28. The summed E-state index contributed by atoms with van der Waals surface area (Å²) >= 11 is 0. The number of aryl methyl sites for hydroxylation is 1. The molecule has 130 valence electrons. The normalized spacial score (nSPS) is 12.8. The molecule has 4 N–H and O–H groups in total. The zero-order chi connectivity index (χ0) is 18.1. The number of aromatic nitrogens is 2. The van der Waals surface area contributed by atoms with Gasteiger partial charge in [0.15, 0.2) is 0 Å². The molecule has 1 atom stereocenters. The number of ether oxygens (including phenoxy) is 1. The molecule has 1 unspecified atom stereocenters. The number of alkyl carbamates (subject to hydrolysis) is 1. The Bertz CT molecular complexity index is 776. The minimum Gasteiger partial charge on any atom is -0.480 e. The van der Waals surface area contributed by atoms with Crippen LogP contribution >= 0.6 is 0 Å². The molecule has 0 spiro atoms. The van der Waals surface area contributed by atoms with Gasteiger partial charge in [0, 0.05) is 19.2 Å². The number of rotatable bonds is 4. The summed E-state index contributed by atoms with van der Waals surface area (Å²) in [6.45, 7) is 5.12. The average molecular weight is 334 g/mol. The molecular formula is C16H22N4O4. The molecule has 0 aliphatic carbocycles. The summed E-state index contributed by atoms with van der Waals surface area (Å²) in [6, 6.07) is 4.14. The molecule has 0 aliphatic rings.